The van der Waals surface area contributed by atoms with Crippen LogP contribution in [0.4, 0.5) is 4.79 Å². The van der Waals surface area contributed by atoms with Crippen molar-refractivity contribution in [2.75, 3.05) is 6.61 Å². The van der Waals surface area contributed by atoms with Crippen LogP contribution in [0.25, 0.3) is 0 Å². The van der Waals surface area contributed by atoms with Crippen LogP contribution >= 0.6 is 0 Å². The normalized spacial score (nSPS) is 12.7. The van der Waals surface area contributed by atoms with Gasteiger partial charge < -0.3 is 14.8 Å². The highest BCUT2D eigenvalue weighted by Gasteiger charge is 2.26. The van der Waals surface area contributed by atoms with E-state index < -0.39 is 28.3 Å². The largest absolute Gasteiger partial charge is 0.480 e. The molecule has 0 spiro atoms. The highest BCUT2D eigenvalue weighted by Crippen LogP contribution is 2.00. The fourth-order valence-electron chi connectivity index (χ4n) is 1.28. The Bertz CT molecular complexity index is 555. The van der Waals surface area contributed by atoms with Gasteiger partial charge in [0.2, 0.25) is 0 Å². The number of hydrogen-bond donors (Lipinski definition) is 4. The number of carbonyl (C=O) groups excluding carboxylic acids is 1. The van der Waals surface area contributed by atoms with Crippen molar-refractivity contribution < 1.29 is 27.9 Å². The van der Waals surface area contributed by atoms with Gasteiger partial charge in [-0.25, -0.2) is 14.5 Å². The number of carbonyl (C=O) groups is 2. The van der Waals surface area contributed by atoms with Gasteiger partial charge in [-0.1, -0.05) is 0 Å². The topological polar surface area (TPSA) is 150 Å². The molecule has 1 heterocycles. The predicted molar refractivity (Wildman–Crippen MR) is 65.9 cm³/mol. The van der Waals surface area contributed by atoms with E-state index in [4.69, 9.17) is 5.11 Å². The first-order valence-electron chi connectivity index (χ1n) is 5.51. The summed E-state index contributed by atoms with van der Waals surface area (Å²) in [7, 11) is -4.34. The maximum atomic E-state index is 11.5. The first-order chi connectivity index (χ1) is 9.34. The van der Waals surface area contributed by atoms with E-state index in [2.05, 4.69) is 14.7 Å². The molecular formula is C9H14N4O6S. The summed E-state index contributed by atoms with van der Waals surface area (Å²) in [5.41, 5.74) is 0.427. The smallest absolute Gasteiger partial charge is 0.421 e. The molecule has 0 radical (unpaired) electrons. The number of aromatic amines is 1. The van der Waals surface area contributed by atoms with Crippen molar-refractivity contribution in [3.8, 4) is 0 Å². The van der Waals surface area contributed by atoms with Crippen LogP contribution in [-0.2, 0) is 26.2 Å². The second-order valence-corrected chi connectivity index (χ2v) is 5.06. The van der Waals surface area contributed by atoms with Gasteiger partial charge in [0.15, 0.2) is 0 Å². The second-order valence-electron chi connectivity index (χ2n) is 3.62. The fraction of sp³-hybridized carbons (Fsp3) is 0.444. The summed E-state index contributed by atoms with van der Waals surface area (Å²) in [5, 5.41) is 8.97. The quantitative estimate of drug-likeness (QED) is 0.503. The number of aliphatic carboxylic acids is 1. The number of aromatic nitrogens is 2. The van der Waals surface area contributed by atoms with Gasteiger partial charge in [0.1, 0.15) is 6.04 Å². The zero-order valence-electron chi connectivity index (χ0n) is 10.5. The van der Waals surface area contributed by atoms with Crippen LogP contribution in [0, 0.1) is 0 Å². The molecule has 11 heteroatoms. The lowest BCUT2D eigenvalue weighted by molar-refractivity contribution is -0.138. The Morgan fingerprint density at radius 1 is 1.55 bits per heavy atom. The summed E-state index contributed by atoms with van der Waals surface area (Å²) >= 11 is 0. The summed E-state index contributed by atoms with van der Waals surface area (Å²) in [5.74, 6) is -1.39. The SMILES string of the molecule is CCOC(=O)NS(=O)(=O)N[C@@H](Cc1cnc[nH]1)C(=O)O. The molecular weight excluding hydrogens is 292 g/mol. The number of imidazole rings is 1. The van der Waals surface area contributed by atoms with Crippen LogP contribution in [-0.4, -0.2) is 48.2 Å². The summed E-state index contributed by atoms with van der Waals surface area (Å²) in [6.07, 6.45) is 1.35. The number of carboxylic acids is 1. The number of rotatable bonds is 7. The Balaban J connectivity index is 2.69. The van der Waals surface area contributed by atoms with E-state index in [1.807, 2.05) is 4.72 Å². The molecule has 1 aromatic rings. The third kappa shape index (κ3) is 5.24. The molecule has 4 N–H and O–H groups in total. The van der Waals surface area contributed by atoms with Gasteiger partial charge in [-0.05, 0) is 6.92 Å². The van der Waals surface area contributed by atoms with Crippen LogP contribution in [0.2, 0.25) is 0 Å². The Labute approximate surface area is 114 Å². The Kier molecular flexibility index (Phi) is 5.46. The maximum Gasteiger partial charge on any atom is 0.421 e. The van der Waals surface area contributed by atoms with Crippen molar-refractivity contribution >= 4 is 22.3 Å². The van der Waals surface area contributed by atoms with E-state index in [-0.39, 0.29) is 13.0 Å². The summed E-state index contributed by atoms with van der Waals surface area (Å²) < 4.78 is 30.9. The minimum Gasteiger partial charge on any atom is -0.480 e. The van der Waals surface area contributed by atoms with Crippen molar-refractivity contribution in [2.24, 2.45) is 0 Å². The van der Waals surface area contributed by atoms with Crippen LogP contribution in [0.3, 0.4) is 0 Å². The van der Waals surface area contributed by atoms with Gasteiger partial charge >= 0.3 is 22.3 Å². The van der Waals surface area contributed by atoms with E-state index in [9.17, 15) is 18.0 Å². The molecule has 0 saturated heterocycles. The molecule has 0 aliphatic rings. The molecule has 0 saturated carbocycles. The molecule has 112 valence electrons. The number of carboxylic acid groups (broad SMARTS) is 1. The van der Waals surface area contributed by atoms with Gasteiger partial charge in [0.25, 0.3) is 0 Å². The lowest BCUT2D eigenvalue weighted by Crippen LogP contribution is -2.49. The molecule has 10 nitrogen and oxygen atoms in total. The number of nitrogens with one attached hydrogen (secondary N) is 3. The molecule has 0 aliphatic heterocycles. The molecule has 1 amide bonds. The maximum absolute atomic E-state index is 11.5. The van der Waals surface area contributed by atoms with Crippen molar-refractivity contribution in [3.05, 3.63) is 18.2 Å². The third-order valence-corrected chi connectivity index (χ3v) is 3.10. The number of amides is 1. The standard InChI is InChI=1S/C9H14N4O6S/c1-2-19-9(16)13-20(17,18)12-7(8(14)15)3-6-4-10-5-11-6/h4-5,7,12H,2-3H2,1H3,(H,10,11)(H,13,16)(H,14,15)/t7-/m0/s1. The summed E-state index contributed by atoms with van der Waals surface area (Å²) in [6, 6.07) is -1.46. The predicted octanol–water partition coefficient (Wildman–Crippen LogP) is -1.01. The van der Waals surface area contributed by atoms with Crippen LogP contribution in [0.15, 0.2) is 12.5 Å². The van der Waals surface area contributed by atoms with E-state index in [0.717, 1.165) is 0 Å². The molecule has 0 aliphatic carbocycles. The molecule has 0 aromatic carbocycles. The molecule has 1 rings (SSSR count). The molecule has 0 unspecified atom stereocenters. The Morgan fingerprint density at radius 2 is 2.25 bits per heavy atom. The molecule has 0 bridgehead atoms. The van der Waals surface area contributed by atoms with E-state index >= 15 is 0 Å². The van der Waals surface area contributed by atoms with Crippen molar-refractivity contribution in [2.45, 2.75) is 19.4 Å². The molecule has 0 fully saturated rings. The second kappa shape index (κ2) is 6.86. The number of hydrogen-bond acceptors (Lipinski definition) is 6. The van der Waals surface area contributed by atoms with Gasteiger partial charge in [-0.2, -0.15) is 13.1 Å². The van der Waals surface area contributed by atoms with E-state index in [1.54, 1.807) is 0 Å². The monoisotopic (exact) mass is 306 g/mol. The first-order valence-corrected chi connectivity index (χ1v) is 6.99. The lowest BCUT2D eigenvalue weighted by atomic mass is 10.2. The summed E-state index contributed by atoms with van der Waals surface area (Å²) in [6.45, 7) is 1.48. The van der Waals surface area contributed by atoms with Gasteiger partial charge in [0, 0.05) is 18.3 Å². The van der Waals surface area contributed by atoms with Gasteiger partial charge in [0.05, 0.1) is 12.9 Å². The average Bonchev–Trinajstić information content (AvgIpc) is 2.79. The molecule has 1 atom stereocenters. The highest BCUT2D eigenvalue weighted by molar-refractivity contribution is 7.88. The number of nitrogens with zero attached hydrogens (tertiary/aromatic N) is 1. The van der Waals surface area contributed by atoms with Crippen LogP contribution in [0.1, 0.15) is 12.6 Å². The number of H-pyrrole nitrogens is 1. The van der Waals surface area contributed by atoms with Crippen LogP contribution < -0.4 is 9.44 Å². The van der Waals surface area contributed by atoms with Crippen molar-refractivity contribution in [1.29, 1.82) is 0 Å². The van der Waals surface area contributed by atoms with Crippen LogP contribution in [0.5, 0.6) is 0 Å². The summed E-state index contributed by atoms with van der Waals surface area (Å²) in [4.78, 5) is 28.4. The first kappa shape index (κ1) is 15.9. The highest BCUT2D eigenvalue weighted by atomic mass is 32.2. The number of ether oxygens (including phenoxy) is 1. The lowest BCUT2D eigenvalue weighted by Gasteiger charge is -2.14. The Morgan fingerprint density at radius 3 is 2.75 bits per heavy atom. The van der Waals surface area contributed by atoms with E-state index in [1.165, 1.54) is 24.2 Å². The van der Waals surface area contributed by atoms with Gasteiger partial charge in [-0.3, -0.25) is 4.79 Å². The van der Waals surface area contributed by atoms with Crippen molar-refractivity contribution in [1.82, 2.24) is 19.4 Å². The fourth-order valence-corrected chi connectivity index (χ4v) is 2.18. The van der Waals surface area contributed by atoms with E-state index in [0.29, 0.717) is 5.69 Å². The van der Waals surface area contributed by atoms with Gasteiger partial charge in [-0.15, -0.1) is 0 Å². The minimum absolute atomic E-state index is 0.0160. The minimum atomic E-state index is -4.34. The zero-order chi connectivity index (χ0) is 15.2. The molecule has 20 heavy (non-hydrogen) atoms. The zero-order valence-corrected chi connectivity index (χ0v) is 11.3. The average molecular weight is 306 g/mol. The third-order valence-electron chi connectivity index (χ3n) is 2.07. The Hall–Kier alpha value is -2.14. The molecule has 1 aromatic heterocycles. The van der Waals surface area contributed by atoms with Crippen molar-refractivity contribution in [3.63, 3.8) is 0 Å².